The molecule has 6 heteroatoms. The Morgan fingerprint density at radius 3 is 2.36 bits per heavy atom. The SMILES string of the molecule is O=C(Nc1cccc(C(=O)N2CCN(c3ccccc3)CC2)c1)c1cccs1. The largest absolute Gasteiger partial charge is 0.368 e. The Kier molecular flexibility index (Phi) is 5.39. The molecule has 3 aromatic rings. The molecule has 142 valence electrons. The number of thiophene rings is 1. The number of piperazine rings is 1. The van der Waals surface area contributed by atoms with E-state index in [1.165, 1.54) is 17.0 Å². The van der Waals surface area contributed by atoms with E-state index in [0.29, 0.717) is 29.2 Å². The van der Waals surface area contributed by atoms with E-state index in [1.54, 1.807) is 30.3 Å². The van der Waals surface area contributed by atoms with Gasteiger partial charge < -0.3 is 15.1 Å². The first-order chi connectivity index (χ1) is 13.7. The third-order valence-electron chi connectivity index (χ3n) is 4.80. The van der Waals surface area contributed by atoms with Crippen molar-refractivity contribution >= 4 is 34.5 Å². The molecule has 1 N–H and O–H groups in total. The van der Waals surface area contributed by atoms with Crippen LogP contribution in [0.5, 0.6) is 0 Å². The van der Waals surface area contributed by atoms with Gasteiger partial charge in [-0.3, -0.25) is 9.59 Å². The fourth-order valence-electron chi connectivity index (χ4n) is 3.32. The average molecular weight is 391 g/mol. The van der Waals surface area contributed by atoms with Crippen molar-refractivity contribution in [2.45, 2.75) is 0 Å². The molecule has 0 radical (unpaired) electrons. The van der Waals surface area contributed by atoms with Gasteiger partial charge in [-0.1, -0.05) is 30.3 Å². The number of carbonyl (C=O) groups is 2. The van der Waals surface area contributed by atoms with Gasteiger partial charge in [-0.15, -0.1) is 11.3 Å². The van der Waals surface area contributed by atoms with Gasteiger partial charge in [-0.05, 0) is 41.8 Å². The summed E-state index contributed by atoms with van der Waals surface area (Å²) in [5, 5.41) is 4.73. The van der Waals surface area contributed by atoms with Crippen LogP contribution in [0.3, 0.4) is 0 Å². The monoisotopic (exact) mass is 391 g/mol. The second-order valence-electron chi connectivity index (χ2n) is 6.63. The van der Waals surface area contributed by atoms with Crippen molar-refractivity contribution in [1.82, 2.24) is 4.90 Å². The topological polar surface area (TPSA) is 52.7 Å². The predicted molar refractivity (Wildman–Crippen MR) is 113 cm³/mol. The molecule has 1 aliphatic rings. The molecule has 0 bridgehead atoms. The molecule has 4 rings (SSSR count). The molecule has 1 saturated heterocycles. The van der Waals surface area contributed by atoms with Crippen LogP contribution in [0.25, 0.3) is 0 Å². The number of hydrogen-bond acceptors (Lipinski definition) is 4. The molecular formula is C22H21N3O2S. The van der Waals surface area contributed by atoms with Gasteiger partial charge in [0.15, 0.2) is 0 Å². The van der Waals surface area contributed by atoms with E-state index in [9.17, 15) is 9.59 Å². The van der Waals surface area contributed by atoms with Gasteiger partial charge in [0.1, 0.15) is 0 Å². The van der Waals surface area contributed by atoms with E-state index in [0.717, 1.165) is 13.1 Å². The Hall–Kier alpha value is -3.12. The Bertz CT molecular complexity index is 949. The van der Waals surface area contributed by atoms with Gasteiger partial charge in [0.2, 0.25) is 0 Å². The fraction of sp³-hybridized carbons (Fsp3) is 0.182. The molecule has 1 aliphatic heterocycles. The summed E-state index contributed by atoms with van der Waals surface area (Å²) < 4.78 is 0. The molecule has 0 spiro atoms. The van der Waals surface area contributed by atoms with Crippen LogP contribution in [-0.4, -0.2) is 42.9 Å². The second-order valence-corrected chi connectivity index (χ2v) is 7.57. The zero-order valence-corrected chi connectivity index (χ0v) is 16.2. The molecule has 0 saturated carbocycles. The third-order valence-corrected chi connectivity index (χ3v) is 5.67. The molecule has 2 amide bonds. The van der Waals surface area contributed by atoms with Gasteiger partial charge in [0.25, 0.3) is 11.8 Å². The first kappa shape index (κ1) is 18.3. The first-order valence-corrected chi connectivity index (χ1v) is 10.1. The van der Waals surface area contributed by atoms with E-state index in [1.807, 2.05) is 34.5 Å². The molecule has 5 nitrogen and oxygen atoms in total. The minimum atomic E-state index is -0.156. The van der Waals surface area contributed by atoms with Gasteiger partial charge >= 0.3 is 0 Å². The van der Waals surface area contributed by atoms with Crippen molar-refractivity contribution in [3.63, 3.8) is 0 Å². The number of hydrogen-bond donors (Lipinski definition) is 1. The maximum atomic E-state index is 12.9. The molecule has 1 aromatic heterocycles. The Balaban J connectivity index is 1.39. The quantitative estimate of drug-likeness (QED) is 0.732. The number of benzene rings is 2. The molecule has 0 atom stereocenters. The number of carbonyl (C=O) groups excluding carboxylic acids is 2. The van der Waals surface area contributed by atoms with E-state index in [2.05, 4.69) is 22.3 Å². The standard InChI is InChI=1S/C22H21N3O2S/c26-21(20-10-5-15-28-20)23-18-7-4-6-17(16-18)22(27)25-13-11-24(12-14-25)19-8-2-1-3-9-19/h1-10,15-16H,11-14H2,(H,23,26). The van der Waals surface area contributed by atoms with Gasteiger partial charge in [-0.2, -0.15) is 0 Å². The lowest BCUT2D eigenvalue weighted by Crippen LogP contribution is -2.48. The lowest BCUT2D eigenvalue weighted by Gasteiger charge is -2.36. The smallest absolute Gasteiger partial charge is 0.265 e. The van der Waals surface area contributed by atoms with Crippen LogP contribution in [0, 0.1) is 0 Å². The lowest BCUT2D eigenvalue weighted by atomic mass is 10.1. The Morgan fingerprint density at radius 1 is 0.857 bits per heavy atom. The maximum Gasteiger partial charge on any atom is 0.265 e. The predicted octanol–water partition coefficient (Wildman–Crippen LogP) is 3.96. The summed E-state index contributed by atoms with van der Waals surface area (Å²) in [6.07, 6.45) is 0. The Labute approximate surface area is 168 Å². The van der Waals surface area contributed by atoms with Crippen LogP contribution < -0.4 is 10.2 Å². The number of nitrogens with zero attached hydrogens (tertiary/aromatic N) is 2. The van der Waals surface area contributed by atoms with E-state index >= 15 is 0 Å². The average Bonchev–Trinajstić information content (AvgIpc) is 3.29. The third kappa shape index (κ3) is 4.07. The first-order valence-electron chi connectivity index (χ1n) is 9.25. The highest BCUT2D eigenvalue weighted by molar-refractivity contribution is 7.12. The van der Waals surface area contributed by atoms with Crippen LogP contribution >= 0.6 is 11.3 Å². The number of rotatable bonds is 4. The summed E-state index contributed by atoms with van der Waals surface area (Å²) in [6, 6.07) is 21.0. The maximum absolute atomic E-state index is 12.9. The van der Waals surface area contributed by atoms with Crippen LogP contribution in [0.15, 0.2) is 72.1 Å². The highest BCUT2D eigenvalue weighted by Gasteiger charge is 2.22. The van der Waals surface area contributed by atoms with Crippen LogP contribution in [0.4, 0.5) is 11.4 Å². The molecule has 2 heterocycles. The van der Waals surface area contributed by atoms with Crippen molar-refractivity contribution in [1.29, 1.82) is 0 Å². The molecule has 28 heavy (non-hydrogen) atoms. The van der Waals surface area contributed by atoms with E-state index in [-0.39, 0.29) is 11.8 Å². The van der Waals surface area contributed by atoms with Crippen molar-refractivity contribution < 1.29 is 9.59 Å². The normalized spacial score (nSPS) is 14.0. The fourth-order valence-corrected chi connectivity index (χ4v) is 3.94. The summed E-state index contributed by atoms with van der Waals surface area (Å²) in [5.74, 6) is -0.156. The zero-order chi connectivity index (χ0) is 19.3. The lowest BCUT2D eigenvalue weighted by molar-refractivity contribution is 0.0746. The van der Waals surface area contributed by atoms with Gasteiger partial charge in [0.05, 0.1) is 4.88 Å². The Morgan fingerprint density at radius 2 is 1.64 bits per heavy atom. The van der Waals surface area contributed by atoms with Crippen molar-refractivity contribution in [2.75, 3.05) is 36.4 Å². The number of amides is 2. The molecule has 1 fully saturated rings. The molecule has 0 aliphatic carbocycles. The van der Waals surface area contributed by atoms with Gasteiger partial charge in [-0.25, -0.2) is 0 Å². The van der Waals surface area contributed by atoms with Gasteiger partial charge in [0, 0.05) is 43.1 Å². The molecular weight excluding hydrogens is 370 g/mol. The van der Waals surface area contributed by atoms with E-state index in [4.69, 9.17) is 0 Å². The summed E-state index contributed by atoms with van der Waals surface area (Å²) >= 11 is 1.39. The van der Waals surface area contributed by atoms with Crippen LogP contribution in [0.1, 0.15) is 20.0 Å². The summed E-state index contributed by atoms with van der Waals surface area (Å²) in [5.41, 5.74) is 2.41. The van der Waals surface area contributed by atoms with Crippen molar-refractivity contribution in [3.05, 3.63) is 82.6 Å². The summed E-state index contributed by atoms with van der Waals surface area (Å²) in [6.45, 7) is 2.98. The van der Waals surface area contributed by atoms with Crippen LogP contribution in [0.2, 0.25) is 0 Å². The minimum absolute atomic E-state index is 0.0000609. The zero-order valence-electron chi connectivity index (χ0n) is 15.4. The van der Waals surface area contributed by atoms with Crippen molar-refractivity contribution in [2.24, 2.45) is 0 Å². The van der Waals surface area contributed by atoms with Crippen molar-refractivity contribution in [3.8, 4) is 0 Å². The number of anilines is 2. The summed E-state index contributed by atoms with van der Waals surface area (Å²) in [4.78, 5) is 29.9. The van der Waals surface area contributed by atoms with E-state index < -0.39 is 0 Å². The number of nitrogens with one attached hydrogen (secondary N) is 1. The summed E-state index contributed by atoms with van der Waals surface area (Å²) in [7, 11) is 0. The second kappa shape index (κ2) is 8.27. The highest BCUT2D eigenvalue weighted by Crippen LogP contribution is 2.19. The number of para-hydroxylation sites is 1. The molecule has 0 unspecified atom stereocenters. The minimum Gasteiger partial charge on any atom is -0.368 e. The highest BCUT2D eigenvalue weighted by atomic mass is 32.1. The molecule has 2 aromatic carbocycles. The van der Waals surface area contributed by atoms with Crippen LogP contribution in [-0.2, 0) is 0 Å².